The molecule has 1 amide bonds. The SMILES string of the molecule is CNC(=O)c1cc(S(=O)(=O)N[C@@H](c2ccccn2)C2CC(O)C2)cs1. The third-order valence-electron chi connectivity index (χ3n) is 4.25. The van der Waals surface area contributed by atoms with Crippen LogP contribution < -0.4 is 10.0 Å². The molecule has 9 heteroatoms. The molecule has 0 radical (unpaired) electrons. The average molecular weight is 381 g/mol. The number of thiophene rings is 1. The second kappa shape index (κ2) is 7.20. The summed E-state index contributed by atoms with van der Waals surface area (Å²) >= 11 is 1.07. The Morgan fingerprint density at radius 3 is 2.76 bits per heavy atom. The molecule has 1 aliphatic carbocycles. The lowest BCUT2D eigenvalue weighted by molar-refractivity contribution is 0.0273. The van der Waals surface area contributed by atoms with Crippen LogP contribution in [0.2, 0.25) is 0 Å². The van der Waals surface area contributed by atoms with Crippen molar-refractivity contribution < 1.29 is 18.3 Å². The van der Waals surface area contributed by atoms with Crippen molar-refractivity contribution in [2.24, 2.45) is 5.92 Å². The molecule has 0 aromatic carbocycles. The van der Waals surface area contributed by atoms with Gasteiger partial charge in [-0.2, -0.15) is 0 Å². The number of nitrogens with zero attached hydrogens (tertiary/aromatic N) is 1. The molecule has 134 valence electrons. The predicted molar refractivity (Wildman–Crippen MR) is 93.7 cm³/mol. The molecule has 1 atom stereocenters. The number of carbonyl (C=O) groups is 1. The van der Waals surface area contributed by atoms with Crippen molar-refractivity contribution in [3.63, 3.8) is 0 Å². The molecule has 2 heterocycles. The molecule has 3 rings (SSSR count). The van der Waals surface area contributed by atoms with Crippen LogP contribution in [-0.2, 0) is 10.0 Å². The van der Waals surface area contributed by atoms with Gasteiger partial charge >= 0.3 is 0 Å². The van der Waals surface area contributed by atoms with E-state index in [0.29, 0.717) is 23.4 Å². The fraction of sp³-hybridized carbons (Fsp3) is 0.375. The summed E-state index contributed by atoms with van der Waals surface area (Å²) in [5.74, 6) is -0.341. The largest absolute Gasteiger partial charge is 0.393 e. The fourth-order valence-corrected chi connectivity index (χ4v) is 5.29. The Morgan fingerprint density at radius 2 is 2.16 bits per heavy atom. The van der Waals surface area contributed by atoms with E-state index in [-0.39, 0.29) is 16.7 Å². The number of amides is 1. The highest BCUT2D eigenvalue weighted by atomic mass is 32.2. The van der Waals surface area contributed by atoms with Gasteiger partial charge in [0.25, 0.3) is 5.91 Å². The van der Waals surface area contributed by atoms with E-state index in [1.54, 1.807) is 24.4 Å². The highest BCUT2D eigenvalue weighted by molar-refractivity contribution is 7.89. The van der Waals surface area contributed by atoms with Gasteiger partial charge in [0.15, 0.2) is 0 Å². The minimum atomic E-state index is -3.81. The van der Waals surface area contributed by atoms with Gasteiger partial charge in [-0.3, -0.25) is 9.78 Å². The summed E-state index contributed by atoms with van der Waals surface area (Å²) in [7, 11) is -2.31. The molecule has 0 bridgehead atoms. The molecule has 2 aromatic rings. The van der Waals surface area contributed by atoms with Crippen molar-refractivity contribution in [3.05, 3.63) is 46.4 Å². The van der Waals surface area contributed by atoms with Crippen molar-refractivity contribution in [2.75, 3.05) is 7.05 Å². The van der Waals surface area contributed by atoms with Crippen LogP contribution in [0.5, 0.6) is 0 Å². The monoisotopic (exact) mass is 381 g/mol. The summed E-state index contributed by atoms with van der Waals surface area (Å²) in [4.78, 5) is 16.3. The van der Waals surface area contributed by atoms with Crippen LogP contribution in [0.3, 0.4) is 0 Å². The summed E-state index contributed by atoms with van der Waals surface area (Å²) in [6.07, 6.45) is 2.26. The Morgan fingerprint density at radius 1 is 1.40 bits per heavy atom. The van der Waals surface area contributed by atoms with Crippen molar-refractivity contribution in [1.82, 2.24) is 15.0 Å². The van der Waals surface area contributed by atoms with E-state index < -0.39 is 22.2 Å². The van der Waals surface area contributed by atoms with E-state index in [9.17, 15) is 18.3 Å². The molecule has 7 nitrogen and oxygen atoms in total. The average Bonchev–Trinajstić information content (AvgIpc) is 3.08. The highest BCUT2D eigenvalue weighted by Gasteiger charge is 2.38. The minimum absolute atomic E-state index is 0.0169. The summed E-state index contributed by atoms with van der Waals surface area (Å²) < 4.78 is 28.2. The molecule has 3 N–H and O–H groups in total. The topological polar surface area (TPSA) is 108 Å². The molecule has 0 saturated heterocycles. The lowest BCUT2D eigenvalue weighted by atomic mass is 9.76. The minimum Gasteiger partial charge on any atom is -0.393 e. The van der Waals surface area contributed by atoms with Crippen LogP contribution in [0, 0.1) is 5.92 Å². The Labute approximate surface area is 150 Å². The van der Waals surface area contributed by atoms with Crippen LogP contribution in [0.1, 0.15) is 34.2 Å². The van der Waals surface area contributed by atoms with Gasteiger partial charge in [-0.25, -0.2) is 13.1 Å². The lowest BCUT2D eigenvalue weighted by Crippen LogP contribution is -2.41. The van der Waals surface area contributed by atoms with Crippen LogP contribution in [0.4, 0.5) is 0 Å². The first-order valence-corrected chi connectivity index (χ1v) is 10.2. The summed E-state index contributed by atoms with van der Waals surface area (Å²) in [6.45, 7) is 0. The van der Waals surface area contributed by atoms with Gasteiger partial charge in [0.2, 0.25) is 10.0 Å². The second-order valence-electron chi connectivity index (χ2n) is 5.96. The van der Waals surface area contributed by atoms with Crippen molar-refractivity contribution in [3.8, 4) is 0 Å². The maximum Gasteiger partial charge on any atom is 0.261 e. The van der Waals surface area contributed by atoms with Gasteiger partial charge in [-0.05, 0) is 37.0 Å². The standard InChI is InChI=1S/C16H19N3O4S2/c1-17-16(21)14-8-12(9-24-14)25(22,23)19-15(10-6-11(20)7-10)13-4-2-3-5-18-13/h2-5,8-11,15,19-20H,6-7H2,1H3,(H,17,21)/t10?,11?,15-/m1/s1. The number of hydrogen-bond donors (Lipinski definition) is 3. The lowest BCUT2D eigenvalue weighted by Gasteiger charge is -2.37. The number of aromatic nitrogens is 1. The third-order valence-corrected chi connectivity index (χ3v) is 6.74. The highest BCUT2D eigenvalue weighted by Crippen LogP contribution is 2.38. The zero-order valence-electron chi connectivity index (χ0n) is 13.5. The Bertz CT molecular complexity index is 845. The number of aliphatic hydroxyl groups is 1. The first-order valence-electron chi connectivity index (χ1n) is 7.82. The van der Waals surface area contributed by atoms with Gasteiger partial charge in [0.1, 0.15) is 0 Å². The molecule has 2 aromatic heterocycles. The van der Waals surface area contributed by atoms with E-state index in [1.165, 1.54) is 18.5 Å². The number of aliphatic hydroxyl groups excluding tert-OH is 1. The molecule has 0 spiro atoms. The van der Waals surface area contributed by atoms with Crippen LogP contribution in [0.15, 0.2) is 40.7 Å². The molecule has 0 unspecified atom stereocenters. The zero-order chi connectivity index (χ0) is 18.0. The van der Waals surface area contributed by atoms with Crippen LogP contribution >= 0.6 is 11.3 Å². The second-order valence-corrected chi connectivity index (χ2v) is 8.59. The number of pyridine rings is 1. The Balaban J connectivity index is 1.85. The molecule has 1 aliphatic rings. The van der Waals surface area contributed by atoms with Gasteiger partial charge in [0, 0.05) is 18.6 Å². The Hall–Kier alpha value is -1.81. The molecular formula is C16H19N3O4S2. The maximum atomic E-state index is 12.7. The first kappa shape index (κ1) is 18.0. The van der Waals surface area contributed by atoms with E-state index in [1.807, 2.05) is 0 Å². The normalized spacial score (nSPS) is 21.4. The van der Waals surface area contributed by atoms with Crippen molar-refractivity contribution in [2.45, 2.75) is 29.9 Å². The number of hydrogen-bond acceptors (Lipinski definition) is 6. The summed E-state index contributed by atoms with van der Waals surface area (Å²) in [5.41, 5.74) is 0.615. The number of sulfonamides is 1. The van der Waals surface area contributed by atoms with Crippen LogP contribution in [-0.4, -0.2) is 37.6 Å². The molecule has 1 saturated carbocycles. The first-order chi connectivity index (χ1) is 11.9. The third kappa shape index (κ3) is 3.90. The van der Waals surface area contributed by atoms with E-state index >= 15 is 0 Å². The van der Waals surface area contributed by atoms with E-state index in [0.717, 1.165) is 11.3 Å². The zero-order valence-corrected chi connectivity index (χ0v) is 15.2. The number of nitrogens with one attached hydrogen (secondary N) is 2. The van der Waals surface area contributed by atoms with E-state index in [2.05, 4.69) is 15.0 Å². The van der Waals surface area contributed by atoms with E-state index in [4.69, 9.17) is 0 Å². The number of carbonyl (C=O) groups excluding carboxylic acids is 1. The number of rotatable bonds is 6. The Kier molecular flexibility index (Phi) is 5.19. The maximum absolute atomic E-state index is 12.7. The van der Waals surface area contributed by atoms with Crippen molar-refractivity contribution in [1.29, 1.82) is 0 Å². The summed E-state index contributed by atoms with van der Waals surface area (Å²) in [6, 6.07) is 6.17. The van der Waals surface area contributed by atoms with Gasteiger partial charge in [0.05, 0.1) is 27.6 Å². The molecule has 25 heavy (non-hydrogen) atoms. The summed E-state index contributed by atoms with van der Waals surface area (Å²) in [5, 5.41) is 13.5. The molecule has 1 fully saturated rings. The van der Waals surface area contributed by atoms with Crippen molar-refractivity contribution >= 4 is 27.3 Å². The molecular weight excluding hydrogens is 362 g/mol. The van der Waals surface area contributed by atoms with Gasteiger partial charge in [-0.1, -0.05) is 6.07 Å². The smallest absolute Gasteiger partial charge is 0.261 e. The van der Waals surface area contributed by atoms with Crippen LogP contribution in [0.25, 0.3) is 0 Å². The molecule has 0 aliphatic heterocycles. The van der Waals surface area contributed by atoms with Gasteiger partial charge in [-0.15, -0.1) is 11.3 Å². The quantitative estimate of drug-likeness (QED) is 0.699. The predicted octanol–water partition coefficient (Wildman–Crippen LogP) is 1.29. The fourth-order valence-electron chi connectivity index (χ4n) is 2.80. The van der Waals surface area contributed by atoms with Gasteiger partial charge < -0.3 is 10.4 Å².